The molecule has 1 heterocycles. The van der Waals surface area contributed by atoms with Gasteiger partial charge in [-0.25, -0.2) is 0 Å². The Morgan fingerprint density at radius 2 is 2.38 bits per heavy atom. The van der Waals surface area contributed by atoms with Gasteiger partial charge in [-0.05, 0) is 19.1 Å². The van der Waals surface area contributed by atoms with Crippen LogP contribution in [-0.4, -0.2) is 26.3 Å². The van der Waals surface area contributed by atoms with Crippen molar-refractivity contribution in [3.8, 4) is 0 Å². The molecule has 1 fully saturated rings. The summed E-state index contributed by atoms with van der Waals surface area (Å²) in [5, 5.41) is 3.72. The summed E-state index contributed by atoms with van der Waals surface area (Å²) in [4.78, 5) is 0. The van der Waals surface area contributed by atoms with Gasteiger partial charge in [-0.15, -0.1) is 0 Å². The van der Waals surface area contributed by atoms with Crippen LogP contribution in [0, 0.1) is 0 Å². The van der Waals surface area contributed by atoms with Crippen molar-refractivity contribution in [1.29, 1.82) is 0 Å². The second-order valence-corrected chi connectivity index (χ2v) is 5.31. The second kappa shape index (κ2) is 3.63. The van der Waals surface area contributed by atoms with Crippen molar-refractivity contribution in [3.05, 3.63) is 5.15 Å². The van der Waals surface area contributed by atoms with Gasteiger partial charge < -0.3 is 5.32 Å². The maximum Gasteiger partial charge on any atom is 0.186 e. The van der Waals surface area contributed by atoms with Gasteiger partial charge in [-0.3, -0.25) is 0 Å². The molecule has 0 saturated heterocycles. The normalized spacial score (nSPS) is 18.6. The Bertz CT molecular complexity index is 298. The zero-order valence-corrected chi connectivity index (χ0v) is 9.60. The van der Waals surface area contributed by atoms with E-state index in [0.717, 1.165) is 24.1 Å². The standard InChI is InChI=1S/C7H10ClN3S2/c1-12-7(2-3-7)4-9-6-5(8)10-13-11-6/h2-4H2,1H3,(H,9,11). The monoisotopic (exact) mass is 235 g/mol. The van der Waals surface area contributed by atoms with Crippen molar-refractivity contribution in [2.75, 3.05) is 18.1 Å². The molecule has 0 unspecified atom stereocenters. The number of anilines is 1. The van der Waals surface area contributed by atoms with Gasteiger partial charge in [0.25, 0.3) is 0 Å². The Hall–Kier alpha value is -0.0000000000000000555. The zero-order chi connectivity index (χ0) is 9.31. The van der Waals surface area contributed by atoms with E-state index in [1.54, 1.807) is 0 Å². The fraction of sp³-hybridized carbons (Fsp3) is 0.714. The largest absolute Gasteiger partial charge is 0.365 e. The summed E-state index contributed by atoms with van der Waals surface area (Å²) < 4.78 is 8.39. The molecular weight excluding hydrogens is 226 g/mol. The molecule has 0 radical (unpaired) electrons. The Labute approximate surface area is 90.6 Å². The molecule has 13 heavy (non-hydrogen) atoms. The Balaban J connectivity index is 1.90. The van der Waals surface area contributed by atoms with E-state index in [9.17, 15) is 0 Å². The minimum Gasteiger partial charge on any atom is -0.365 e. The minimum absolute atomic E-state index is 0.437. The molecule has 1 aliphatic rings. The summed E-state index contributed by atoms with van der Waals surface area (Å²) in [7, 11) is 0. The average molecular weight is 236 g/mol. The molecule has 1 saturated carbocycles. The van der Waals surface area contributed by atoms with Crippen LogP contribution in [0.15, 0.2) is 0 Å². The number of halogens is 1. The molecule has 0 amide bonds. The molecule has 0 bridgehead atoms. The lowest BCUT2D eigenvalue weighted by Crippen LogP contribution is -2.17. The lowest BCUT2D eigenvalue weighted by Gasteiger charge is -2.11. The summed E-state index contributed by atoms with van der Waals surface area (Å²) >= 11 is 8.86. The van der Waals surface area contributed by atoms with E-state index in [4.69, 9.17) is 11.6 Å². The van der Waals surface area contributed by atoms with E-state index in [-0.39, 0.29) is 0 Å². The van der Waals surface area contributed by atoms with Gasteiger partial charge >= 0.3 is 0 Å². The number of nitrogens with zero attached hydrogens (tertiary/aromatic N) is 2. The summed E-state index contributed by atoms with van der Waals surface area (Å²) in [6.07, 6.45) is 4.72. The van der Waals surface area contributed by atoms with Crippen molar-refractivity contribution >= 4 is 40.9 Å². The number of hydrogen-bond donors (Lipinski definition) is 1. The quantitative estimate of drug-likeness (QED) is 0.870. The van der Waals surface area contributed by atoms with Crippen LogP contribution in [0.1, 0.15) is 12.8 Å². The summed E-state index contributed by atoms with van der Waals surface area (Å²) in [5.74, 6) is 0.729. The van der Waals surface area contributed by atoms with E-state index in [1.807, 2.05) is 11.8 Å². The van der Waals surface area contributed by atoms with E-state index in [0.29, 0.717) is 9.90 Å². The molecular formula is C7H10ClN3S2. The van der Waals surface area contributed by atoms with Crippen LogP contribution in [0.4, 0.5) is 5.82 Å². The van der Waals surface area contributed by atoms with Crippen LogP contribution in [0.25, 0.3) is 0 Å². The van der Waals surface area contributed by atoms with Crippen molar-refractivity contribution < 1.29 is 0 Å². The summed E-state index contributed by atoms with van der Waals surface area (Å²) in [6.45, 7) is 0.944. The first-order chi connectivity index (χ1) is 6.26. The Kier molecular flexibility index (Phi) is 2.67. The minimum atomic E-state index is 0.437. The Morgan fingerprint density at radius 3 is 2.85 bits per heavy atom. The average Bonchev–Trinajstić information content (AvgIpc) is 2.82. The van der Waals surface area contributed by atoms with Crippen LogP contribution in [0.5, 0.6) is 0 Å². The van der Waals surface area contributed by atoms with Crippen molar-refractivity contribution in [2.24, 2.45) is 0 Å². The maximum atomic E-state index is 5.80. The topological polar surface area (TPSA) is 37.8 Å². The fourth-order valence-electron chi connectivity index (χ4n) is 1.12. The maximum absolute atomic E-state index is 5.80. The molecule has 0 aromatic carbocycles. The zero-order valence-electron chi connectivity index (χ0n) is 7.21. The number of hydrogen-bond acceptors (Lipinski definition) is 5. The number of thioether (sulfide) groups is 1. The lowest BCUT2D eigenvalue weighted by atomic mass is 10.4. The van der Waals surface area contributed by atoms with Gasteiger partial charge in [0, 0.05) is 11.3 Å². The SMILES string of the molecule is CSC1(CNc2nsnc2Cl)CC1. The molecule has 0 spiro atoms. The molecule has 0 aliphatic heterocycles. The van der Waals surface area contributed by atoms with Gasteiger partial charge in [0.15, 0.2) is 11.0 Å². The van der Waals surface area contributed by atoms with Crippen LogP contribution >= 0.6 is 35.1 Å². The van der Waals surface area contributed by atoms with Crippen molar-refractivity contribution in [3.63, 3.8) is 0 Å². The highest BCUT2D eigenvalue weighted by Gasteiger charge is 2.41. The number of aromatic nitrogens is 2. The highest BCUT2D eigenvalue weighted by molar-refractivity contribution is 8.00. The molecule has 2 rings (SSSR count). The molecule has 1 aromatic rings. The van der Waals surface area contributed by atoms with Gasteiger partial charge in [0.2, 0.25) is 0 Å². The van der Waals surface area contributed by atoms with Crippen LogP contribution in [-0.2, 0) is 0 Å². The van der Waals surface area contributed by atoms with Crippen LogP contribution in [0.3, 0.4) is 0 Å². The van der Waals surface area contributed by atoms with Crippen LogP contribution in [0.2, 0.25) is 5.15 Å². The summed E-state index contributed by atoms with van der Waals surface area (Å²) in [5.41, 5.74) is 0. The van der Waals surface area contributed by atoms with E-state index >= 15 is 0 Å². The van der Waals surface area contributed by atoms with E-state index in [1.165, 1.54) is 12.8 Å². The molecule has 1 N–H and O–H groups in total. The predicted molar refractivity (Wildman–Crippen MR) is 58.9 cm³/mol. The highest BCUT2D eigenvalue weighted by atomic mass is 35.5. The van der Waals surface area contributed by atoms with Gasteiger partial charge in [-0.1, -0.05) is 11.6 Å². The van der Waals surface area contributed by atoms with E-state index in [2.05, 4.69) is 20.3 Å². The third kappa shape index (κ3) is 2.08. The summed E-state index contributed by atoms with van der Waals surface area (Å²) in [6, 6.07) is 0. The first kappa shape index (κ1) is 9.55. The van der Waals surface area contributed by atoms with E-state index < -0.39 is 0 Å². The first-order valence-electron chi connectivity index (χ1n) is 4.03. The van der Waals surface area contributed by atoms with Gasteiger partial charge in [-0.2, -0.15) is 20.5 Å². The predicted octanol–water partition coefficient (Wildman–Crippen LogP) is 2.50. The van der Waals surface area contributed by atoms with Crippen LogP contribution < -0.4 is 5.32 Å². The second-order valence-electron chi connectivity index (χ2n) is 3.14. The molecule has 1 aliphatic carbocycles. The fourth-order valence-corrected chi connectivity index (χ4v) is 2.53. The van der Waals surface area contributed by atoms with Gasteiger partial charge in [0.1, 0.15) is 0 Å². The third-order valence-electron chi connectivity index (χ3n) is 2.27. The molecule has 0 atom stereocenters. The highest BCUT2D eigenvalue weighted by Crippen LogP contribution is 2.47. The van der Waals surface area contributed by atoms with Crippen molar-refractivity contribution in [2.45, 2.75) is 17.6 Å². The molecule has 1 aromatic heterocycles. The molecule has 6 heteroatoms. The van der Waals surface area contributed by atoms with Gasteiger partial charge in [0.05, 0.1) is 11.7 Å². The molecule has 3 nitrogen and oxygen atoms in total. The third-order valence-corrected chi connectivity index (χ3v) is 4.58. The first-order valence-corrected chi connectivity index (χ1v) is 6.36. The number of nitrogens with one attached hydrogen (secondary N) is 1. The Morgan fingerprint density at radius 1 is 1.62 bits per heavy atom. The van der Waals surface area contributed by atoms with Crippen molar-refractivity contribution in [1.82, 2.24) is 8.75 Å². The lowest BCUT2D eigenvalue weighted by molar-refractivity contribution is 0.944. The smallest absolute Gasteiger partial charge is 0.186 e. The number of rotatable bonds is 4. The molecule has 72 valence electrons.